The Kier molecular flexibility index (Phi) is 8.09. The maximum Gasteiger partial charge on any atom is 0.166 e. The van der Waals surface area contributed by atoms with Crippen molar-refractivity contribution in [2.75, 3.05) is 19.6 Å². The summed E-state index contributed by atoms with van der Waals surface area (Å²) < 4.78 is 0. The van der Waals surface area contributed by atoms with Gasteiger partial charge in [-0.05, 0) is 166 Å². The van der Waals surface area contributed by atoms with Crippen molar-refractivity contribution in [3.63, 3.8) is 0 Å². The zero-order valence-corrected chi connectivity index (χ0v) is 32.6. The van der Waals surface area contributed by atoms with Crippen LogP contribution in [-0.2, 0) is 0 Å². The third-order valence-corrected chi connectivity index (χ3v) is 10.0. The van der Waals surface area contributed by atoms with Crippen LogP contribution in [0.15, 0.2) is 90.5 Å². The smallest absolute Gasteiger partial charge is 0.166 e. The van der Waals surface area contributed by atoms with Crippen LogP contribution in [0, 0.1) is 76.2 Å². The Morgan fingerprint density at radius 1 is 0.302 bits per heavy atom. The number of hydrogen-bond donors (Lipinski definition) is 0. The molecule has 0 bridgehead atoms. The molecule has 0 N–H and O–H groups in total. The van der Waals surface area contributed by atoms with Gasteiger partial charge in [0.05, 0.1) is 45.5 Å². The average Bonchev–Trinajstić information content (AvgIpc) is 3.55. The molecule has 2 aliphatic heterocycles. The number of anilines is 8. The van der Waals surface area contributed by atoms with Gasteiger partial charge >= 0.3 is 0 Å². The van der Waals surface area contributed by atoms with Gasteiger partial charge in [-0.15, -0.1) is 0 Å². The Morgan fingerprint density at radius 2 is 0.566 bits per heavy atom. The molecule has 4 aromatic heterocycles. The summed E-state index contributed by atoms with van der Waals surface area (Å²) in [5, 5.41) is 0. The number of aryl methyl sites for hydroxylation is 11. The maximum absolute atomic E-state index is 4.82. The van der Waals surface area contributed by atoms with Crippen molar-refractivity contribution in [3.05, 3.63) is 153 Å². The van der Waals surface area contributed by atoms with E-state index in [1.165, 1.54) is 16.7 Å². The highest BCUT2D eigenvalue weighted by Crippen LogP contribution is 2.57. The van der Waals surface area contributed by atoms with Gasteiger partial charge in [0.2, 0.25) is 0 Å². The molecule has 266 valence electrons. The fourth-order valence-corrected chi connectivity index (χ4v) is 8.01. The Hall–Kier alpha value is -6.02. The third-order valence-electron chi connectivity index (χ3n) is 10.0. The van der Waals surface area contributed by atoms with Crippen LogP contribution in [-0.4, -0.2) is 19.9 Å². The molecule has 0 aliphatic carbocycles. The molecule has 0 spiro atoms. The van der Waals surface area contributed by atoms with Crippen molar-refractivity contribution in [3.8, 4) is 0 Å². The highest BCUT2D eigenvalue weighted by atomic mass is 15.5. The molecule has 6 aromatic rings. The number of hydrogen-bond acceptors (Lipinski definition) is 8. The molecule has 0 fully saturated rings. The second-order valence-corrected chi connectivity index (χ2v) is 14.8. The summed E-state index contributed by atoms with van der Waals surface area (Å²) in [5.41, 5.74) is 19.9. The largest absolute Gasteiger partial charge is 0.291 e. The van der Waals surface area contributed by atoms with Gasteiger partial charge in [-0.3, -0.25) is 39.5 Å². The summed E-state index contributed by atoms with van der Waals surface area (Å²) in [6, 6.07) is 29.0. The molecule has 0 amide bonds. The topological polar surface area (TPSA) is 64.5 Å². The molecule has 0 atom stereocenters. The lowest BCUT2D eigenvalue weighted by Crippen LogP contribution is -2.33. The first kappa shape index (κ1) is 34.1. The fourth-order valence-electron chi connectivity index (χ4n) is 8.01. The van der Waals surface area contributed by atoms with Crippen molar-refractivity contribution in [1.82, 2.24) is 19.9 Å². The maximum atomic E-state index is 4.82. The Bertz CT molecular complexity index is 2350. The van der Waals surface area contributed by atoms with Crippen LogP contribution in [0.3, 0.4) is 0 Å². The van der Waals surface area contributed by atoms with E-state index in [1.54, 1.807) is 0 Å². The van der Waals surface area contributed by atoms with Crippen LogP contribution in [0.25, 0.3) is 0 Å². The third kappa shape index (κ3) is 5.88. The first-order chi connectivity index (χ1) is 25.2. The molecule has 0 saturated heterocycles. The van der Waals surface area contributed by atoms with Crippen LogP contribution in [0.2, 0.25) is 0 Å². The van der Waals surface area contributed by atoms with Gasteiger partial charge in [-0.25, -0.2) is 0 Å². The van der Waals surface area contributed by atoms with E-state index >= 15 is 0 Å². The number of pyridine rings is 4. The van der Waals surface area contributed by atoms with Crippen molar-refractivity contribution in [1.29, 1.82) is 0 Å². The standard InChI is InChI=1S/C45H46N8/c1-25-12-13-40-41(14-25)51(37-19-30(6)47-31(7)20-37)44(50(40)36-17-28(4)46-29(5)18-36)45-52(38-21-32(8)48-33(9)22-38)42-15-26(2)27(3)16-43(42)53(45)39-23-34(10)49-35(11)24-39/h12-24H,1-11H3. The summed E-state index contributed by atoms with van der Waals surface area (Å²) >= 11 is 0. The van der Waals surface area contributed by atoms with Crippen LogP contribution in [0.4, 0.5) is 45.5 Å². The van der Waals surface area contributed by atoms with Crippen molar-refractivity contribution < 1.29 is 0 Å². The quantitative estimate of drug-likeness (QED) is 0.180. The predicted molar refractivity (Wildman–Crippen MR) is 218 cm³/mol. The molecule has 0 radical (unpaired) electrons. The van der Waals surface area contributed by atoms with Crippen molar-refractivity contribution in [2.24, 2.45) is 0 Å². The molecule has 6 heterocycles. The van der Waals surface area contributed by atoms with E-state index in [-0.39, 0.29) is 0 Å². The Morgan fingerprint density at radius 3 is 0.868 bits per heavy atom. The monoisotopic (exact) mass is 698 g/mol. The molecular formula is C45H46N8. The van der Waals surface area contributed by atoms with Crippen LogP contribution < -0.4 is 19.6 Å². The average molecular weight is 699 g/mol. The van der Waals surface area contributed by atoms with Gasteiger partial charge in [0.1, 0.15) is 0 Å². The van der Waals surface area contributed by atoms with Crippen LogP contribution in [0.5, 0.6) is 0 Å². The van der Waals surface area contributed by atoms with Crippen LogP contribution in [0.1, 0.15) is 62.2 Å². The predicted octanol–water partition coefficient (Wildman–Crippen LogP) is 11.1. The molecule has 8 heteroatoms. The lowest BCUT2D eigenvalue weighted by molar-refractivity contribution is 0.986. The number of fused-ring (bicyclic) bond motifs is 2. The first-order valence-electron chi connectivity index (χ1n) is 18.2. The minimum atomic E-state index is 0.961. The summed E-state index contributed by atoms with van der Waals surface area (Å²) in [6.45, 7) is 23.2. The van der Waals surface area contributed by atoms with E-state index < -0.39 is 0 Å². The molecular weight excluding hydrogens is 653 g/mol. The summed E-state index contributed by atoms with van der Waals surface area (Å²) in [6.07, 6.45) is 0. The van der Waals surface area contributed by atoms with E-state index in [9.17, 15) is 0 Å². The molecule has 0 saturated carbocycles. The Balaban J connectivity index is 1.60. The van der Waals surface area contributed by atoms with Gasteiger partial charge < -0.3 is 0 Å². The normalized spacial score (nSPS) is 13.7. The lowest BCUT2D eigenvalue weighted by atomic mass is 10.1. The Labute approximate surface area is 313 Å². The minimum absolute atomic E-state index is 0.961. The van der Waals surface area contributed by atoms with E-state index in [0.29, 0.717) is 0 Å². The van der Waals surface area contributed by atoms with Crippen molar-refractivity contribution >= 4 is 45.5 Å². The first-order valence-corrected chi connectivity index (χ1v) is 18.2. The van der Waals surface area contributed by atoms with Gasteiger partial charge in [-0.1, -0.05) is 6.07 Å². The van der Waals surface area contributed by atoms with Crippen LogP contribution >= 0.6 is 0 Å². The number of nitrogens with zero attached hydrogens (tertiary/aromatic N) is 8. The number of aromatic nitrogens is 4. The molecule has 8 rings (SSSR count). The van der Waals surface area contributed by atoms with E-state index in [0.717, 1.165) is 103 Å². The molecule has 2 aliphatic rings. The summed E-state index contributed by atoms with van der Waals surface area (Å²) in [4.78, 5) is 29.0. The zero-order chi connectivity index (χ0) is 37.5. The van der Waals surface area contributed by atoms with Crippen molar-refractivity contribution in [2.45, 2.75) is 76.2 Å². The molecule has 8 nitrogen and oxygen atoms in total. The lowest BCUT2D eigenvalue weighted by Gasteiger charge is -2.34. The van der Waals surface area contributed by atoms with Gasteiger partial charge in [-0.2, -0.15) is 0 Å². The highest BCUT2D eigenvalue weighted by Gasteiger charge is 2.45. The summed E-state index contributed by atoms with van der Waals surface area (Å²) in [5.74, 6) is 1.99. The second kappa shape index (κ2) is 12.6. The van der Waals surface area contributed by atoms with E-state index in [1.807, 2.05) is 0 Å². The summed E-state index contributed by atoms with van der Waals surface area (Å²) in [7, 11) is 0. The van der Waals surface area contributed by atoms with E-state index in [4.69, 9.17) is 19.9 Å². The second-order valence-electron chi connectivity index (χ2n) is 14.8. The van der Waals surface area contributed by atoms with Gasteiger partial charge in [0.25, 0.3) is 0 Å². The molecule has 2 aromatic carbocycles. The number of benzene rings is 2. The van der Waals surface area contributed by atoms with Gasteiger partial charge in [0.15, 0.2) is 11.6 Å². The fraction of sp³-hybridized carbons (Fsp3) is 0.244. The number of rotatable bonds is 4. The molecule has 0 unspecified atom stereocenters. The van der Waals surface area contributed by atoms with Gasteiger partial charge in [0, 0.05) is 45.6 Å². The minimum Gasteiger partial charge on any atom is -0.291 e. The zero-order valence-electron chi connectivity index (χ0n) is 32.6. The SMILES string of the molecule is Cc1ccc2c(c1)N(c1cc(C)nc(C)c1)C(=C1N(c3cc(C)nc(C)c3)c3cc(C)c(C)cc3N1c1cc(C)nc(C)c1)N2c1cc(C)nc(C)c1. The van der Waals surface area contributed by atoms with E-state index in [2.05, 4.69) is 175 Å². The highest BCUT2D eigenvalue weighted by molar-refractivity contribution is 6.00. The molecule has 53 heavy (non-hydrogen) atoms.